The molecule has 0 unspecified atom stereocenters. The predicted molar refractivity (Wildman–Crippen MR) is 89.7 cm³/mol. The highest BCUT2D eigenvalue weighted by Gasteiger charge is 2.11. The van der Waals surface area contributed by atoms with Crippen molar-refractivity contribution in [2.24, 2.45) is 0 Å². The molecule has 0 aliphatic rings. The molecule has 3 rings (SSSR count). The molecule has 0 saturated carbocycles. The fourth-order valence-electron chi connectivity index (χ4n) is 2.60. The molecule has 0 saturated heterocycles. The van der Waals surface area contributed by atoms with Crippen LogP contribution in [0.5, 0.6) is 0 Å². The van der Waals surface area contributed by atoms with Gasteiger partial charge in [-0.05, 0) is 41.3 Å². The summed E-state index contributed by atoms with van der Waals surface area (Å²) in [5, 5.41) is 9.01. The standard InChI is InChI=1S/C19H15NO3/c1-13-17(10-11-20(18(13)21)19(22)23)16-9-5-8-15(12-16)14-6-3-2-4-7-14/h2-12H,1H3,(H,22,23). The summed E-state index contributed by atoms with van der Waals surface area (Å²) in [4.78, 5) is 23.2. The van der Waals surface area contributed by atoms with Gasteiger partial charge < -0.3 is 5.11 Å². The summed E-state index contributed by atoms with van der Waals surface area (Å²) < 4.78 is 0.694. The van der Waals surface area contributed by atoms with Crippen LogP contribution in [0.3, 0.4) is 0 Å². The van der Waals surface area contributed by atoms with Crippen molar-refractivity contribution in [3.8, 4) is 22.3 Å². The van der Waals surface area contributed by atoms with Gasteiger partial charge in [-0.1, -0.05) is 48.5 Å². The Kier molecular flexibility index (Phi) is 3.81. The van der Waals surface area contributed by atoms with E-state index in [0.29, 0.717) is 10.1 Å². The van der Waals surface area contributed by atoms with Gasteiger partial charge in [-0.15, -0.1) is 0 Å². The van der Waals surface area contributed by atoms with Crippen molar-refractivity contribution in [2.45, 2.75) is 6.92 Å². The van der Waals surface area contributed by atoms with Crippen molar-refractivity contribution in [3.05, 3.63) is 82.8 Å². The molecule has 0 radical (unpaired) electrons. The quantitative estimate of drug-likeness (QED) is 0.778. The summed E-state index contributed by atoms with van der Waals surface area (Å²) in [6.45, 7) is 1.65. The van der Waals surface area contributed by atoms with Gasteiger partial charge in [0, 0.05) is 11.8 Å². The third-order valence-electron chi connectivity index (χ3n) is 3.82. The molecule has 0 amide bonds. The number of pyridine rings is 1. The Balaban J connectivity index is 2.12. The number of hydrogen-bond acceptors (Lipinski definition) is 2. The van der Waals surface area contributed by atoms with E-state index in [9.17, 15) is 9.59 Å². The van der Waals surface area contributed by atoms with Gasteiger partial charge in [0.25, 0.3) is 5.56 Å². The Labute approximate surface area is 133 Å². The average molecular weight is 305 g/mol. The fraction of sp³-hybridized carbons (Fsp3) is 0.0526. The highest BCUT2D eigenvalue weighted by atomic mass is 16.4. The maximum atomic E-state index is 12.1. The molecule has 0 fully saturated rings. The van der Waals surface area contributed by atoms with Crippen molar-refractivity contribution in [3.63, 3.8) is 0 Å². The SMILES string of the molecule is Cc1c(-c2cccc(-c3ccccc3)c2)ccn(C(=O)O)c1=O. The fourth-order valence-corrected chi connectivity index (χ4v) is 2.60. The lowest BCUT2D eigenvalue weighted by Gasteiger charge is -2.09. The molecule has 3 aromatic rings. The third kappa shape index (κ3) is 2.79. The topological polar surface area (TPSA) is 59.3 Å². The number of rotatable bonds is 2. The first kappa shape index (κ1) is 14.8. The minimum absolute atomic E-state index is 0.417. The molecular weight excluding hydrogens is 290 g/mol. The number of hydrogen-bond donors (Lipinski definition) is 1. The molecule has 0 spiro atoms. The summed E-state index contributed by atoms with van der Waals surface area (Å²) in [5.74, 6) is 0. The molecule has 0 atom stereocenters. The van der Waals surface area contributed by atoms with Crippen LogP contribution in [0.4, 0.5) is 4.79 Å². The summed E-state index contributed by atoms with van der Waals surface area (Å²) in [7, 11) is 0. The minimum atomic E-state index is -1.28. The maximum absolute atomic E-state index is 12.1. The van der Waals surface area contributed by atoms with E-state index in [1.807, 2.05) is 54.6 Å². The molecule has 0 bridgehead atoms. The Bertz CT molecular complexity index is 927. The first-order valence-electron chi connectivity index (χ1n) is 7.19. The zero-order valence-corrected chi connectivity index (χ0v) is 12.6. The second-order valence-electron chi connectivity index (χ2n) is 5.26. The van der Waals surface area contributed by atoms with Crippen molar-refractivity contribution in [1.82, 2.24) is 4.57 Å². The first-order chi connectivity index (χ1) is 11.1. The van der Waals surface area contributed by atoms with Gasteiger partial charge >= 0.3 is 6.09 Å². The third-order valence-corrected chi connectivity index (χ3v) is 3.82. The van der Waals surface area contributed by atoms with Crippen molar-refractivity contribution < 1.29 is 9.90 Å². The number of carbonyl (C=O) groups is 1. The maximum Gasteiger partial charge on any atom is 0.418 e. The van der Waals surface area contributed by atoms with Crippen LogP contribution in [0.15, 0.2) is 71.7 Å². The molecule has 23 heavy (non-hydrogen) atoms. The van der Waals surface area contributed by atoms with Crippen LogP contribution in [0.1, 0.15) is 5.56 Å². The van der Waals surface area contributed by atoms with E-state index in [1.54, 1.807) is 13.0 Å². The van der Waals surface area contributed by atoms with Crippen LogP contribution in [0.2, 0.25) is 0 Å². The van der Waals surface area contributed by atoms with E-state index >= 15 is 0 Å². The van der Waals surface area contributed by atoms with Gasteiger partial charge in [-0.25, -0.2) is 9.36 Å². The largest absolute Gasteiger partial charge is 0.464 e. The second kappa shape index (κ2) is 5.93. The highest BCUT2D eigenvalue weighted by Crippen LogP contribution is 2.27. The molecule has 1 heterocycles. The van der Waals surface area contributed by atoms with Crippen LogP contribution < -0.4 is 5.56 Å². The number of benzene rings is 2. The van der Waals surface area contributed by atoms with Gasteiger partial charge in [-0.2, -0.15) is 0 Å². The van der Waals surface area contributed by atoms with E-state index in [0.717, 1.165) is 22.3 Å². The van der Waals surface area contributed by atoms with E-state index in [4.69, 9.17) is 5.11 Å². The summed E-state index contributed by atoms with van der Waals surface area (Å²) in [6.07, 6.45) is 0.0185. The number of carboxylic acid groups (broad SMARTS) is 1. The zero-order chi connectivity index (χ0) is 16.4. The predicted octanol–water partition coefficient (Wildman–Crippen LogP) is 4.02. The Morgan fingerprint density at radius 3 is 2.26 bits per heavy atom. The van der Waals surface area contributed by atoms with Gasteiger partial charge in [0.15, 0.2) is 0 Å². The lowest BCUT2D eigenvalue weighted by molar-refractivity contribution is 0.195. The van der Waals surface area contributed by atoms with E-state index in [2.05, 4.69) is 0 Å². The molecule has 4 heteroatoms. The normalized spacial score (nSPS) is 10.5. The molecule has 0 aliphatic carbocycles. The van der Waals surface area contributed by atoms with Gasteiger partial charge in [0.1, 0.15) is 0 Å². The molecule has 2 aromatic carbocycles. The molecule has 1 aromatic heterocycles. The smallest absolute Gasteiger partial charge is 0.418 e. The lowest BCUT2D eigenvalue weighted by Crippen LogP contribution is -2.27. The zero-order valence-electron chi connectivity index (χ0n) is 12.6. The van der Waals surface area contributed by atoms with Crippen LogP contribution in [-0.2, 0) is 0 Å². The average Bonchev–Trinajstić information content (AvgIpc) is 2.58. The van der Waals surface area contributed by atoms with Crippen LogP contribution in [0.25, 0.3) is 22.3 Å². The minimum Gasteiger partial charge on any atom is -0.464 e. The summed E-state index contributed by atoms with van der Waals surface area (Å²) in [5.41, 5.74) is 3.67. The van der Waals surface area contributed by atoms with Crippen LogP contribution in [-0.4, -0.2) is 15.8 Å². The monoisotopic (exact) mass is 305 g/mol. The van der Waals surface area contributed by atoms with Crippen molar-refractivity contribution in [2.75, 3.05) is 0 Å². The van der Waals surface area contributed by atoms with Gasteiger partial charge in [0.2, 0.25) is 0 Å². The Hall–Kier alpha value is -3.14. The molecule has 4 nitrogen and oxygen atoms in total. The van der Waals surface area contributed by atoms with Gasteiger partial charge in [0.05, 0.1) is 0 Å². The van der Waals surface area contributed by atoms with Crippen LogP contribution >= 0.6 is 0 Å². The first-order valence-corrected chi connectivity index (χ1v) is 7.19. The van der Waals surface area contributed by atoms with E-state index in [-0.39, 0.29) is 0 Å². The second-order valence-corrected chi connectivity index (χ2v) is 5.26. The highest BCUT2D eigenvalue weighted by molar-refractivity contribution is 5.75. The number of nitrogens with zero attached hydrogens (tertiary/aromatic N) is 1. The Morgan fingerprint density at radius 1 is 0.913 bits per heavy atom. The molecule has 0 aliphatic heterocycles. The molecular formula is C19H15NO3. The Morgan fingerprint density at radius 2 is 1.57 bits per heavy atom. The van der Waals surface area contributed by atoms with Crippen LogP contribution in [0, 0.1) is 6.92 Å². The van der Waals surface area contributed by atoms with Crippen molar-refractivity contribution in [1.29, 1.82) is 0 Å². The summed E-state index contributed by atoms with van der Waals surface area (Å²) >= 11 is 0. The van der Waals surface area contributed by atoms with Crippen molar-refractivity contribution >= 4 is 6.09 Å². The molecule has 114 valence electrons. The number of aromatic nitrogens is 1. The summed E-state index contributed by atoms with van der Waals surface area (Å²) in [6, 6.07) is 19.5. The lowest BCUT2D eigenvalue weighted by atomic mass is 9.97. The van der Waals surface area contributed by atoms with Gasteiger partial charge in [-0.3, -0.25) is 4.79 Å². The molecule has 1 N–H and O–H groups in total. The van der Waals surface area contributed by atoms with E-state index in [1.165, 1.54) is 6.20 Å². The van der Waals surface area contributed by atoms with E-state index < -0.39 is 11.7 Å².